The number of nitro groups is 1. The zero-order valence-corrected chi connectivity index (χ0v) is 15.8. The number of carbonyl (C=O) groups excluding carboxylic acids is 1. The van der Waals surface area contributed by atoms with Crippen molar-refractivity contribution in [1.82, 2.24) is 0 Å². The zero-order chi connectivity index (χ0) is 20.7. The minimum atomic E-state index is -4.52. The first-order valence-corrected chi connectivity index (χ1v) is 9.76. The summed E-state index contributed by atoms with van der Waals surface area (Å²) in [6.07, 6.45) is -0.143. The number of unbranched alkanes of at least 4 members (excludes halogenated alkanes) is 2. The van der Waals surface area contributed by atoms with Crippen LogP contribution in [0.15, 0.2) is 29.2 Å². The van der Waals surface area contributed by atoms with Crippen molar-refractivity contribution in [3.05, 3.63) is 34.4 Å². The van der Waals surface area contributed by atoms with Crippen molar-refractivity contribution < 1.29 is 37.3 Å². The van der Waals surface area contributed by atoms with Crippen LogP contribution in [-0.2, 0) is 23.8 Å². The average Bonchev–Trinajstić information content (AvgIpc) is 2.61. The molecule has 152 valence electrons. The van der Waals surface area contributed by atoms with Gasteiger partial charge in [-0.2, -0.15) is 8.42 Å². The fourth-order valence-electron chi connectivity index (χ4n) is 2.21. The Bertz CT molecular complexity index is 744. The predicted octanol–water partition coefficient (Wildman–Crippen LogP) is 1.49. The molecule has 1 atom stereocenters. The molecule has 2 N–H and O–H groups in total. The highest BCUT2D eigenvalue weighted by Gasteiger charge is 2.47. The minimum absolute atomic E-state index is 0.133. The molecule has 0 bridgehead atoms. The lowest BCUT2D eigenvalue weighted by molar-refractivity contribution is -0.384. The molecule has 0 amide bonds. The van der Waals surface area contributed by atoms with E-state index < -0.39 is 37.8 Å². The van der Waals surface area contributed by atoms with E-state index >= 15 is 0 Å². The Morgan fingerprint density at radius 1 is 1.22 bits per heavy atom. The van der Waals surface area contributed by atoms with E-state index in [0.717, 1.165) is 30.7 Å². The van der Waals surface area contributed by atoms with Gasteiger partial charge in [0, 0.05) is 12.1 Å². The van der Waals surface area contributed by atoms with Crippen LogP contribution in [0, 0.1) is 10.1 Å². The number of hydrogen-bond acceptors (Lipinski definition) is 9. The maximum atomic E-state index is 12.4. The number of non-ortho nitro benzene ring substituents is 1. The Morgan fingerprint density at radius 2 is 1.81 bits per heavy atom. The number of rotatable bonds is 11. The summed E-state index contributed by atoms with van der Waals surface area (Å²) in [4.78, 5) is 21.4. The third-order valence-corrected chi connectivity index (χ3v) is 5.01. The lowest BCUT2D eigenvalue weighted by atomic mass is 10.0. The van der Waals surface area contributed by atoms with Crippen molar-refractivity contribution >= 4 is 21.8 Å². The van der Waals surface area contributed by atoms with Crippen molar-refractivity contribution in [1.29, 1.82) is 0 Å². The molecule has 10 nitrogen and oxygen atoms in total. The van der Waals surface area contributed by atoms with Crippen LogP contribution in [-0.4, -0.2) is 48.0 Å². The van der Waals surface area contributed by atoms with E-state index in [4.69, 9.17) is 4.18 Å². The summed E-state index contributed by atoms with van der Waals surface area (Å²) >= 11 is 0. The summed E-state index contributed by atoms with van der Waals surface area (Å²) < 4.78 is 34.3. The molecule has 1 aromatic carbocycles. The molecule has 0 aliphatic rings. The van der Waals surface area contributed by atoms with Crippen LogP contribution in [0.1, 0.15) is 39.5 Å². The number of nitro benzene ring substituents is 1. The number of esters is 1. The second-order valence-electron chi connectivity index (χ2n) is 5.73. The molecule has 0 radical (unpaired) electrons. The Labute approximate surface area is 157 Å². The maximum Gasteiger partial charge on any atom is 0.369 e. The van der Waals surface area contributed by atoms with E-state index in [1.807, 2.05) is 6.92 Å². The van der Waals surface area contributed by atoms with Crippen LogP contribution >= 0.6 is 0 Å². The highest BCUT2D eigenvalue weighted by molar-refractivity contribution is 7.86. The van der Waals surface area contributed by atoms with Gasteiger partial charge in [-0.1, -0.05) is 26.2 Å². The molecule has 0 saturated heterocycles. The Kier molecular flexibility index (Phi) is 8.28. The van der Waals surface area contributed by atoms with Crippen LogP contribution < -0.4 is 0 Å². The molecule has 1 rings (SSSR count). The number of benzene rings is 1. The van der Waals surface area contributed by atoms with Crippen molar-refractivity contribution in [2.45, 2.75) is 56.3 Å². The summed E-state index contributed by atoms with van der Waals surface area (Å²) in [7, 11) is -4.52. The smallest absolute Gasteiger partial charge is 0.369 e. The van der Waals surface area contributed by atoms with E-state index in [1.54, 1.807) is 0 Å². The summed E-state index contributed by atoms with van der Waals surface area (Å²) in [6.45, 7) is 3.20. The molecule has 0 aliphatic heterocycles. The van der Waals surface area contributed by atoms with Crippen LogP contribution in [0.3, 0.4) is 0 Å². The fraction of sp³-hybridized carbons (Fsp3) is 0.562. The first-order valence-electron chi connectivity index (χ1n) is 8.36. The number of nitrogens with zero attached hydrogens (tertiary/aromatic N) is 1. The van der Waals surface area contributed by atoms with Crippen LogP contribution in [0.4, 0.5) is 5.69 Å². The van der Waals surface area contributed by atoms with Crippen molar-refractivity contribution in [3.8, 4) is 0 Å². The van der Waals surface area contributed by atoms with Gasteiger partial charge in [-0.15, -0.1) is 0 Å². The van der Waals surface area contributed by atoms with E-state index in [2.05, 4.69) is 4.74 Å². The molecule has 0 aromatic heterocycles. The molecule has 0 spiro atoms. The molecule has 0 fully saturated rings. The first-order chi connectivity index (χ1) is 12.6. The zero-order valence-electron chi connectivity index (χ0n) is 15.0. The third-order valence-electron chi connectivity index (χ3n) is 3.67. The summed E-state index contributed by atoms with van der Waals surface area (Å²) in [6, 6.07) is 3.85. The number of carbonyl (C=O) groups is 1. The van der Waals surface area contributed by atoms with Gasteiger partial charge in [-0.25, -0.2) is 4.79 Å². The van der Waals surface area contributed by atoms with Crippen LogP contribution in [0.25, 0.3) is 0 Å². The van der Waals surface area contributed by atoms with Gasteiger partial charge in [-0.3, -0.25) is 14.3 Å². The van der Waals surface area contributed by atoms with Crippen LogP contribution in [0.2, 0.25) is 0 Å². The summed E-state index contributed by atoms with van der Waals surface area (Å²) in [5.74, 6) is -4.59. The molecule has 27 heavy (non-hydrogen) atoms. The quantitative estimate of drug-likeness (QED) is 0.139. The largest absolute Gasteiger partial charge is 0.462 e. The van der Waals surface area contributed by atoms with Crippen molar-refractivity contribution in [2.75, 3.05) is 6.61 Å². The Balaban J connectivity index is 3.11. The van der Waals surface area contributed by atoms with Crippen molar-refractivity contribution in [3.63, 3.8) is 0 Å². The van der Waals surface area contributed by atoms with Gasteiger partial charge >= 0.3 is 5.97 Å². The average molecular weight is 405 g/mol. The molecule has 0 heterocycles. The van der Waals surface area contributed by atoms with Crippen LogP contribution in [0.5, 0.6) is 0 Å². The molecular formula is C16H23NO9S. The molecule has 1 aromatic rings. The number of ether oxygens (including phenoxy) is 1. The SMILES string of the molecule is CCCCCC(OS(=O)(=O)c1ccc([N+](=O)[O-])cc1)C(O)(O)C(=O)OCC. The van der Waals surface area contributed by atoms with Gasteiger partial charge in [0.25, 0.3) is 21.6 Å². The van der Waals surface area contributed by atoms with Gasteiger partial charge < -0.3 is 14.9 Å². The summed E-state index contributed by atoms with van der Waals surface area (Å²) in [5, 5.41) is 30.9. The summed E-state index contributed by atoms with van der Waals surface area (Å²) in [5.41, 5.74) is -0.321. The van der Waals surface area contributed by atoms with E-state index in [-0.39, 0.29) is 18.7 Å². The molecule has 0 saturated carbocycles. The highest BCUT2D eigenvalue weighted by atomic mass is 32.2. The van der Waals surface area contributed by atoms with E-state index in [1.165, 1.54) is 6.92 Å². The van der Waals surface area contributed by atoms with Gasteiger partial charge in [0.05, 0.1) is 16.4 Å². The van der Waals surface area contributed by atoms with Gasteiger partial charge in [-0.05, 0) is 25.5 Å². The number of aliphatic hydroxyl groups is 2. The Hall–Kier alpha value is -2.08. The second-order valence-corrected chi connectivity index (χ2v) is 7.30. The lowest BCUT2D eigenvalue weighted by Crippen LogP contribution is -2.52. The predicted molar refractivity (Wildman–Crippen MR) is 93.1 cm³/mol. The first kappa shape index (κ1) is 23.0. The molecule has 0 aliphatic carbocycles. The van der Waals surface area contributed by atoms with Crippen molar-refractivity contribution in [2.24, 2.45) is 0 Å². The highest BCUT2D eigenvalue weighted by Crippen LogP contribution is 2.25. The molecule has 11 heteroatoms. The van der Waals surface area contributed by atoms with Gasteiger partial charge in [0.2, 0.25) is 0 Å². The lowest BCUT2D eigenvalue weighted by Gasteiger charge is -2.28. The van der Waals surface area contributed by atoms with E-state index in [9.17, 15) is 33.5 Å². The topological polar surface area (TPSA) is 153 Å². The third kappa shape index (κ3) is 6.24. The minimum Gasteiger partial charge on any atom is -0.462 e. The van der Waals surface area contributed by atoms with E-state index in [0.29, 0.717) is 12.8 Å². The number of hydrogen-bond donors (Lipinski definition) is 2. The fourth-order valence-corrected chi connectivity index (χ4v) is 3.32. The Morgan fingerprint density at radius 3 is 2.30 bits per heavy atom. The monoisotopic (exact) mass is 405 g/mol. The standard InChI is InChI=1S/C16H23NO9S/c1-3-5-6-7-14(16(19,20)15(18)25-4-2)26-27(23,24)13-10-8-12(9-11-13)17(21)22/h8-11,14,19-20H,3-7H2,1-2H3. The second kappa shape index (κ2) is 9.74. The maximum absolute atomic E-state index is 12.4. The molecular weight excluding hydrogens is 382 g/mol. The van der Waals surface area contributed by atoms with Gasteiger partial charge in [0.1, 0.15) is 6.10 Å². The molecule has 1 unspecified atom stereocenters. The normalized spacial score (nSPS) is 13.2. The van der Waals surface area contributed by atoms with Gasteiger partial charge in [0.15, 0.2) is 0 Å².